The molecule has 154 valence electrons. The second-order valence-corrected chi connectivity index (χ2v) is 7.85. The maximum atomic E-state index is 13.1. The van der Waals surface area contributed by atoms with Crippen molar-refractivity contribution in [2.75, 3.05) is 27.2 Å². The molecule has 1 N–H and O–H groups in total. The zero-order chi connectivity index (χ0) is 21.1. The summed E-state index contributed by atoms with van der Waals surface area (Å²) in [7, 11) is 3.72. The lowest BCUT2D eigenvalue weighted by molar-refractivity contribution is -0.121. The van der Waals surface area contributed by atoms with Crippen LogP contribution in [0.4, 0.5) is 0 Å². The summed E-state index contributed by atoms with van der Waals surface area (Å²) >= 11 is 0. The summed E-state index contributed by atoms with van der Waals surface area (Å²) in [6, 6.07) is 11.5. The third kappa shape index (κ3) is 4.46. The van der Waals surface area contributed by atoms with Gasteiger partial charge in [0, 0.05) is 55.1 Å². The van der Waals surface area contributed by atoms with E-state index in [0.717, 1.165) is 34.1 Å². The van der Waals surface area contributed by atoms with Crippen LogP contribution < -0.4 is 5.32 Å². The van der Waals surface area contributed by atoms with E-state index >= 15 is 0 Å². The van der Waals surface area contributed by atoms with Crippen molar-refractivity contribution in [2.45, 2.75) is 19.5 Å². The molecule has 30 heavy (non-hydrogen) atoms. The second kappa shape index (κ2) is 8.59. The minimum Gasteiger partial charge on any atom is -0.351 e. The summed E-state index contributed by atoms with van der Waals surface area (Å²) in [6.07, 6.45) is 4.28. The van der Waals surface area contributed by atoms with Crippen molar-refractivity contribution < 1.29 is 9.59 Å². The Morgan fingerprint density at radius 3 is 2.87 bits per heavy atom. The molecule has 7 nitrogen and oxygen atoms in total. The molecule has 0 saturated heterocycles. The molecule has 1 aliphatic heterocycles. The van der Waals surface area contributed by atoms with Gasteiger partial charge in [0.05, 0.1) is 12.1 Å². The Bertz CT molecular complexity index is 1100. The van der Waals surface area contributed by atoms with Crippen molar-refractivity contribution in [3.8, 4) is 0 Å². The van der Waals surface area contributed by atoms with Gasteiger partial charge < -0.3 is 15.1 Å². The third-order valence-corrected chi connectivity index (χ3v) is 5.18. The first-order valence-electron chi connectivity index (χ1n) is 10.0. The summed E-state index contributed by atoms with van der Waals surface area (Å²) in [5.41, 5.74) is 4.54. The number of aromatic nitrogens is 2. The lowest BCUT2D eigenvalue weighted by Gasteiger charge is -2.28. The van der Waals surface area contributed by atoms with Gasteiger partial charge in [0.2, 0.25) is 5.91 Å². The molecule has 2 aromatic heterocycles. The van der Waals surface area contributed by atoms with Crippen molar-refractivity contribution in [1.29, 1.82) is 0 Å². The van der Waals surface area contributed by atoms with Crippen LogP contribution >= 0.6 is 0 Å². The van der Waals surface area contributed by atoms with Gasteiger partial charge in [-0.25, -0.2) is 0 Å². The van der Waals surface area contributed by atoms with Crippen molar-refractivity contribution in [1.82, 2.24) is 25.1 Å². The fourth-order valence-corrected chi connectivity index (χ4v) is 3.68. The summed E-state index contributed by atoms with van der Waals surface area (Å²) in [4.78, 5) is 37.5. The van der Waals surface area contributed by atoms with Crippen molar-refractivity contribution >= 4 is 22.7 Å². The van der Waals surface area contributed by atoms with Gasteiger partial charge in [-0.3, -0.25) is 19.6 Å². The SMILES string of the molecule is CN(C)CC(=O)NCc1cnc2c(c1)CN(C(=O)c1ccc3ncccc3c1)CC2. The van der Waals surface area contributed by atoms with Crippen molar-refractivity contribution in [3.05, 3.63) is 71.2 Å². The van der Waals surface area contributed by atoms with E-state index in [-0.39, 0.29) is 11.8 Å². The molecule has 0 atom stereocenters. The van der Waals surface area contributed by atoms with E-state index in [0.29, 0.717) is 31.7 Å². The lowest BCUT2D eigenvalue weighted by atomic mass is 10.0. The average Bonchev–Trinajstić information content (AvgIpc) is 2.76. The molecule has 0 fully saturated rings. The molecule has 0 saturated carbocycles. The van der Waals surface area contributed by atoms with Crippen LogP contribution in [0, 0.1) is 0 Å². The van der Waals surface area contributed by atoms with Crippen LogP contribution in [-0.4, -0.2) is 58.8 Å². The molecular formula is C23H25N5O2. The van der Waals surface area contributed by atoms with Gasteiger partial charge in [-0.05, 0) is 55.6 Å². The predicted molar refractivity (Wildman–Crippen MR) is 115 cm³/mol. The van der Waals surface area contributed by atoms with Crippen LogP contribution in [0.1, 0.15) is 27.2 Å². The maximum absolute atomic E-state index is 13.1. The molecule has 0 bridgehead atoms. The Morgan fingerprint density at radius 1 is 1.17 bits per heavy atom. The highest BCUT2D eigenvalue weighted by molar-refractivity contribution is 5.98. The number of likely N-dealkylation sites (N-methyl/N-ethyl adjacent to an activating group) is 1. The van der Waals surface area contributed by atoms with Gasteiger partial charge in [-0.15, -0.1) is 0 Å². The fourth-order valence-electron chi connectivity index (χ4n) is 3.68. The van der Waals surface area contributed by atoms with E-state index in [1.807, 2.05) is 66.5 Å². The lowest BCUT2D eigenvalue weighted by Crippen LogP contribution is -2.36. The molecule has 4 rings (SSSR count). The van der Waals surface area contributed by atoms with E-state index in [1.54, 1.807) is 6.20 Å². The van der Waals surface area contributed by atoms with Crippen LogP contribution in [0.15, 0.2) is 48.8 Å². The van der Waals surface area contributed by atoms with E-state index in [1.165, 1.54) is 0 Å². The summed E-state index contributed by atoms with van der Waals surface area (Å²) < 4.78 is 0. The number of benzene rings is 1. The first-order chi connectivity index (χ1) is 14.5. The summed E-state index contributed by atoms with van der Waals surface area (Å²) in [6.45, 7) is 1.94. The van der Waals surface area contributed by atoms with E-state index < -0.39 is 0 Å². The summed E-state index contributed by atoms with van der Waals surface area (Å²) in [5, 5.41) is 3.86. The fraction of sp³-hybridized carbons (Fsp3) is 0.304. The van der Waals surface area contributed by atoms with E-state index in [2.05, 4.69) is 15.3 Å². The molecule has 3 heterocycles. The zero-order valence-electron chi connectivity index (χ0n) is 17.3. The monoisotopic (exact) mass is 403 g/mol. The van der Waals surface area contributed by atoms with Gasteiger partial charge in [0.25, 0.3) is 5.91 Å². The van der Waals surface area contributed by atoms with Gasteiger partial charge in [0.15, 0.2) is 0 Å². The number of amides is 2. The number of nitrogens with one attached hydrogen (secondary N) is 1. The highest BCUT2D eigenvalue weighted by Crippen LogP contribution is 2.21. The zero-order valence-corrected chi connectivity index (χ0v) is 17.3. The maximum Gasteiger partial charge on any atom is 0.254 e. The quantitative estimate of drug-likeness (QED) is 0.705. The Hall–Kier alpha value is -3.32. The second-order valence-electron chi connectivity index (χ2n) is 7.85. The number of rotatable bonds is 5. The van der Waals surface area contributed by atoms with Gasteiger partial charge in [-0.1, -0.05) is 6.07 Å². The van der Waals surface area contributed by atoms with Crippen LogP contribution in [0.25, 0.3) is 10.9 Å². The average molecular weight is 403 g/mol. The molecule has 2 amide bonds. The summed E-state index contributed by atoms with van der Waals surface area (Å²) in [5.74, 6) is -0.0172. The van der Waals surface area contributed by atoms with Crippen molar-refractivity contribution in [2.24, 2.45) is 0 Å². The Kier molecular flexibility index (Phi) is 5.72. The predicted octanol–water partition coefficient (Wildman–Crippen LogP) is 2.01. The largest absolute Gasteiger partial charge is 0.351 e. The van der Waals surface area contributed by atoms with Gasteiger partial charge in [-0.2, -0.15) is 0 Å². The number of pyridine rings is 2. The number of hydrogen-bond donors (Lipinski definition) is 1. The highest BCUT2D eigenvalue weighted by atomic mass is 16.2. The first kappa shape index (κ1) is 20.0. The van der Waals surface area contributed by atoms with Gasteiger partial charge >= 0.3 is 0 Å². The van der Waals surface area contributed by atoms with Crippen LogP contribution in [0.2, 0.25) is 0 Å². The third-order valence-electron chi connectivity index (χ3n) is 5.18. The van der Waals surface area contributed by atoms with E-state index in [4.69, 9.17) is 0 Å². The first-order valence-corrected chi connectivity index (χ1v) is 10.0. The topological polar surface area (TPSA) is 78.4 Å². The number of nitrogens with zero attached hydrogens (tertiary/aromatic N) is 4. The minimum absolute atomic E-state index is 0.0103. The molecule has 0 spiro atoms. The van der Waals surface area contributed by atoms with Crippen LogP contribution in [0.5, 0.6) is 0 Å². The molecule has 3 aromatic rings. The smallest absolute Gasteiger partial charge is 0.254 e. The molecule has 7 heteroatoms. The van der Waals surface area contributed by atoms with Crippen LogP contribution in [-0.2, 0) is 24.3 Å². The molecular weight excluding hydrogens is 378 g/mol. The number of carbonyl (C=O) groups excluding carboxylic acids is 2. The molecule has 0 aliphatic carbocycles. The highest BCUT2D eigenvalue weighted by Gasteiger charge is 2.23. The normalized spacial score (nSPS) is 13.4. The standard InChI is InChI=1S/C23H25N5O2/c1-27(2)15-22(29)26-13-16-10-19-14-28(9-7-21(19)25-12-16)23(30)18-5-6-20-17(11-18)4-3-8-24-20/h3-6,8,10-12H,7,9,13-15H2,1-2H3,(H,26,29). The molecule has 0 unspecified atom stereocenters. The molecule has 0 radical (unpaired) electrons. The van der Waals surface area contributed by atoms with Crippen molar-refractivity contribution in [3.63, 3.8) is 0 Å². The number of carbonyl (C=O) groups is 2. The van der Waals surface area contributed by atoms with E-state index in [9.17, 15) is 9.59 Å². The number of hydrogen-bond acceptors (Lipinski definition) is 5. The molecule has 1 aliphatic rings. The minimum atomic E-state index is -0.0275. The Morgan fingerprint density at radius 2 is 2.03 bits per heavy atom. The molecule has 1 aromatic carbocycles. The Labute approximate surface area is 175 Å². The number of fused-ring (bicyclic) bond motifs is 2. The van der Waals surface area contributed by atoms with Crippen LogP contribution in [0.3, 0.4) is 0 Å². The van der Waals surface area contributed by atoms with Gasteiger partial charge in [0.1, 0.15) is 0 Å². The Balaban J connectivity index is 1.46.